The van der Waals surface area contributed by atoms with Crippen LogP contribution in [0.1, 0.15) is 23.2 Å². The number of carbonyl (C=O) groups is 3. The van der Waals surface area contributed by atoms with E-state index in [0.29, 0.717) is 11.4 Å². The lowest BCUT2D eigenvalue weighted by atomic mass is 10.1. The zero-order valence-electron chi connectivity index (χ0n) is 14.1. The lowest BCUT2D eigenvalue weighted by molar-refractivity contribution is -0.139. The Hall–Kier alpha value is -3.42. The van der Waals surface area contributed by atoms with Crippen LogP contribution in [0.2, 0.25) is 0 Å². The number of nitrogens with zero attached hydrogens (tertiary/aromatic N) is 1. The average Bonchev–Trinajstić information content (AvgIpc) is 2.64. The summed E-state index contributed by atoms with van der Waals surface area (Å²) in [6.45, 7) is 0. The fourth-order valence-electron chi connectivity index (χ4n) is 2.33. The maximum absolute atomic E-state index is 12.2. The first kappa shape index (κ1) is 18.9. The summed E-state index contributed by atoms with van der Waals surface area (Å²) in [5.74, 6) is -1.82. The van der Waals surface area contributed by atoms with Crippen LogP contribution < -0.4 is 15.8 Å². The lowest BCUT2D eigenvalue weighted by Crippen LogP contribution is -2.41. The molecule has 136 valence electrons. The van der Waals surface area contributed by atoms with Gasteiger partial charge < -0.3 is 20.9 Å². The zero-order chi connectivity index (χ0) is 19.1. The van der Waals surface area contributed by atoms with E-state index in [4.69, 9.17) is 15.6 Å². The Kier molecular flexibility index (Phi) is 6.26. The normalized spacial score (nSPS) is 11.4. The molecule has 0 aliphatic heterocycles. The van der Waals surface area contributed by atoms with Crippen molar-refractivity contribution < 1.29 is 24.2 Å². The summed E-state index contributed by atoms with van der Waals surface area (Å²) in [4.78, 5) is 38.5. The smallest absolute Gasteiger partial charge is 0.326 e. The summed E-state index contributed by atoms with van der Waals surface area (Å²) >= 11 is 0. The number of hydrogen-bond donors (Lipinski definition) is 3. The number of methoxy groups -OCH3 is 1. The van der Waals surface area contributed by atoms with Crippen molar-refractivity contribution >= 4 is 17.8 Å². The number of aromatic nitrogens is 1. The maximum atomic E-state index is 12.2. The number of hydrogen-bond acceptors (Lipinski definition) is 5. The highest BCUT2D eigenvalue weighted by molar-refractivity contribution is 5.96. The predicted octanol–water partition coefficient (Wildman–Crippen LogP) is 1.21. The summed E-state index contributed by atoms with van der Waals surface area (Å²) in [7, 11) is 1.55. The highest BCUT2D eigenvalue weighted by Crippen LogP contribution is 2.27. The number of nitrogens with one attached hydrogen (secondary N) is 1. The van der Waals surface area contributed by atoms with E-state index in [0.717, 1.165) is 5.56 Å². The Morgan fingerprint density at radius 3 is 2.54 bits per heavy atom. The molecule has 8 nitrogen and oxygen atoms in total. The molecule has 0 saturated carbocycles. The van der Waals surface area contributed by atoms with Crippen molar-refractivity contribution in [3.8, 4) is 17.0 Å². The van der Waals surface area contributed by atoms with Gasteiger partial charge in [-0.15, -0.1) is 0 Å². The third-order valence-corrected chi connectivity index (χ3v) is 3.69. The standard InChI is InChI=1S/C18H19N3O5/c1-26-15-5-3-2-4-12(15)13-7-6-11(10-20-13)17(23)21-14(18(24)25)8-9-16(19)22/h2-7,10,14H,8-9H2,1H3,(H2,19,22)(H,21,23)(H,24,25)/t14-/m0/s1. The van der Waals surface area contributed by atoms with Crippen LogP contribution in [0.4, 0.5) is 0 Å². The maximum Gasteiger partial charge on any atom is 0.326 e. The third kappa shape index (κ3) is 4.79. The van der Waals surface area contributed by atoms with Gasteiger partial charge in [-0.1, -0.05) is 12.1 Å². The van der Waals surface area contributed by atoms with Crippen molar-refractivity contribution in [3.63, 3.8) is 0 Å². The number of benzene rings is 1. The number of amides is 2. The van der Waals surface area contributed by atoms with Gasteiger partial charge in [0.2, 0.25) is 5.91 Å². The Labute approximate surface area is 150 Å². The molecule has 2 amide bonds. The highest BCUT2D eigenvalue weighted by Gasteiger charge is 2.21. The van der Waals surface area contributed by atoms with Crippen molar-refractivity contribution in [2.75, 3.05) is 7.11 Å². The van der Waals surface area contributed by atoms with Crippen LogP contribution in [0.3, 0.4) is 0 Å². The Morgan fingerprint density at radius 1 is 1.23 bits per heavy atom. The number of primary amides is 1. The molecule has 1 aromatic heterocycles. The van der Waals surface area contributed by atoms with Gasteiger partial charge in [0, 0.05) is 18.2 Å². The van der Waals surface area contributed by atoms with Gasteiger partial charge in [-0.2, -0.15) is 0 Å². The number of carbonyl (C=O) groups excluding carboxylic acids is 2. The molecule has 1 heterocycles. The Morgan fingerprint density at radius 2 is 1.96 bits per heavy atom. The molecule has 0 saturated heterocycles. The van der Waals surface area contributed by atoms with Gasteiger partial charge in [0.15, 0.2) is 0 Å². The molecule has 0 spiro atoms. The van der Waals surface area contributed by atoms with Gasteiger partial charge in [0.1, 0.15) is 11.8 Å². The summed E-state index contributed by atoms with van der Waals surface area (Å²) < 4.78 is 5.28. The molecule has 26 heavy (non-hydrogen) atoms. The van der Waals surface area contributed by atoms with Crippen LogP contribution in [-0.4, -0.2) is 41.0 Å². The van der Waals surface area contributed by atoms with E-state index in [1.807, 2.05) is 18.2 Å². The molecular formula is C18H19N3O5. The number of para-hydroxylation sites is 1. The Balaban J connectivity index is 2.12. The number of ether oxygens (including phenoxy) is 1. The van der Waals surface area contributed by atoms with Gasteiger partial charge in [-0.05, 0) is 30.7 Å². The monoisotopic (exact) mass is 357 g/mol. The van der Waals surface area contributed by atoms with Gasteiger partial charge in [-0.25, -0.2) is 4.79 Å². The minimum atomic E-state index is -1.24. The number of carboxylic acids is 1. The molecular weight excluding hydrogens is 338 g/mol. The molecule has 0 unspecified atom stereocenters. The van der Waals surface area contributed by atoms with E-state index in [1.165, 1.54) is 12.3 Å². The number of pyridine rings is 1. The van der Waals surface area contributed by atoms with Gasteiger partial charge in [0.05, 0.1) is 18.4 Å². The molecule has 4 N–H and O–H groups in total. The molecule has 8 heteroatoms. The van der Waals surface area contributed by atoms with E-state index in [1.54, 1.807) is 19.2 Å². The lowest BCUT2D eigenvalue weighted by Gasteiger charge is -2.14. The highest BCUT2D eigenvalue weighted by atomic mass is 16.5. The molecule has 1 atom stereocenters. The quantitative estimate of drug-likeness (QED) is 0.650. The first-order valence-electron chi connectivity index (χ1n) is 7.83. The second-order valence-corrected chi connectivity index (χ2v) is 5.50. The van der Waals surface area contributed by atoms with Gasteiger partial charge in [-0.3, -0.25) is 14.6 Å². The van der Waals surface area contributed by atoms with Crippen molar-refractivity contribution in [1.29, 1.82) is 0 Å². The fraction of sp³-hybridized carbons (Fsp3) is 0.222. The van der Waals surface area contributed by atoms with E-state index in [-0.39, 0.29) is 18.4 Å². The van der Waals surface area contributed by atoms with Gasteiger partial charge in [0.25, 0.3) is 5.91 Å². The molecule has 0 radical (unpaired) electrons. The SMILES string of the molecule is COc1ccccc1-c1ccc(C(=O)N[C@@H](CCC(N)=O)C(=O)O)cn1. The van der Waals surface area contributed by atoms with Crippen LogP contribution in [0.15, 0.2) is 42.6 Å². The first-order chi connectivity index (χ1) is 12.4. The molecule has 0 aliphatic carbocycles. The van der Waals surface area contributed by atoms with Crippen molar-refractivity contribution in [2.45, 2.75) is 18.9 Å². The Bertz CT molecular complexity index is 805. The van der Waals surface area contributed by atoms with E-state index >= 15 is 0 Å². The summed E-state index contributed by atoms with van der Waals surface area (Å²) in [6.07, 6.45) is 1.13. The van der Waals surface area contributed by atoms with Crippen LogP contribution in [0.25, 0.3) is 11.3 Å². The molecule has 1 aromatic carbocycles. The predicted molar refractivity (Wildman–Crippen MR) is 93.5 cm³/mol. The van der Waals surface area contributed by atoms with E-state index < -0.39 is 23.8 Å². The topological polar surface area (TPSA) is 132 Å². The van der Waals surface area contributed by atoms with Crippen molar-refractivity contribution in [1.82, 2.24) is 10.3 Å². The fourth-order valence-corrected chi connectivity index (χ4v) is 2.33. The largest absolute Gasteiger partial charge is 0.496 e. The number of carboxylic acid groups (broad SMARTS) is 1. The van der Waals surface area contributed by atoms with Crippen LogP contribution >= 0.6 is 0 Å². The van der Waals surface area contributed by atoms with Crippen LogP contribution in [-0.2, 0) is 9.59 Å². The van der Waals surface area contributed by atoms with E-state index in [9.17, 15) is 14.4 Å². The molecule has 2 rings (SSSR count). The summed E-state index contributed by atoms with van der Waals surface area (Å²) in [5.41, 5.74) is 6.60. The molecule has 2 aromatic rings. The average molecular weight is 357 g/mol. The van der Waals surface area contributed by atoms with Crippen molar-refractivity contribution in [2.24, 2.45) is 5.73 Å². The van der Waals surface area contributed by atoms with Crippen LogP contribution in [0.5, 0.6) is 5.75 Å². The molecule has 0 bridgehead atoms. The van der Waals surface area contributed by atoms with Gasteiger partial charge >= 0.3 is 5.97 Å². The number of nitrogens with two attached hydrogens (primary N) is 1. The summed E-state index contributed by atoms with van der Waals surface area (Å²) in [6, 6.07) is 9.30. The number of aliphatic carboxylic acids is 1. The zero-order valence-corrected chi connectivity index (χ0v) is 14.1. The summed E-state index contributed by atoms with van der Waals surface area (Å²) in [5, 5.41) is 11.5. The number of rotatable bonds is 8. The van der Waals surface area contributed by atoms with E-state index in [2.05, 4.69) is 10.3 Å². The third-order valence-electron chi connectivity index (χ3n) is 3.69. The van der Waals surface area contributed by atoms with Crippen LogP contribution in [0, 0.1) is 0 Å². The minimum Gasteiger partial charge on any atom is -0.496 e. The second kappa shape index (κ2) is 8.61. The second-order valence-electron chi connectivity index (χ2n) is 5.50. The first-order valence-corrected chi connectivity index (χ1v) is 7.83. The molecule has 0 aliphatic rings. The minimum absolute atomic E-state index is 0.0802. The van der Waals surface area contributed by atoms with Crippen molar-refractivity contribution in [3.05, 3.63) is 48.2 Å². The molecule has 0 fully saturated rings.